The quantitative estimate of drug-likeness (QED) is 0.0547. The molecule has 0 bridgehead atoms. The molecule has 2 N–H and O–H groups in total. The molecule has 368 valence electrons. The minimum atomic E-state index is -0.829. The van der Waals surface area contributed by atoms with Crippen LogP contribution >= 0.6 is 45.3 Å². The van der Waals surface area contributed by atoms with Crippen LogP contribution in [0.4, 0.5) is 0 Å². The van der Waals surface area contributed by atoms with Crippen molar-refractivity contribution in [2.24, 2.45) is 47.3 Å². The van der Waals surface area contributed by atoms with E-state index in [9.17, 15) is 10.2 Å². The molecule has 0 radical (unpaired) electrons. The molecule has 0 amide bonds. The van der Waals surface area contributed by atoms with Gasteiger partial charge in [0.2, 0.25) is 0 Å². The van der Waals surface area contributed by atoms with Gasteiger partial charge in [-0.05, 0) is 144 Å². The monoisotopic (exact) mass is 967 g/mol. The van der Waals surface area contributed by atoms with Crippen molar-refractivity contribution in [3.8, 4) is 31.0 Å². The normalized spacial score (nSPS) is 17.7. The summed E-state index contributed by atoms with van der Waals surface area (Å²) in [6.07, 6.45) is 24.2. The van der Waals surface area contributed by atoms with Crippen LogP contribution in [0.15, 0.2) is 45.8 Å². The molecule has 0 saturated carbocycles. The van der Waals surface area contributed by atoms with Gasteiger partial charge in [0.15, 0.2) is 0 Å². The summed E-state index contributed by atoms with van der Waals surface area (Å²) in [5.41, 5.74) is 1.53. The summed E-state index contributed by atoms with van der Waals surface area (Å²) in [7, 11) is 0. The van der Waals surface area contributed by atoms with Crippen LogP contribution in [0.3, 0.4) is 0 Å². The summed E-state index contributed by atoms with van der Waals surface area (Å²) in [5, 5.41) is 31.0. The topological polar surface area (TPSA) is 49.7 Å². The number of rotatable bonds is 30. The third kappa shape index (κ3) is 18.3. The van der Waals surface area contributed by atoms with Crippen LogP contribution in [-0.4, -0.2) is 10.2 Å². The van der Waals surface area contributed by atoms with Crippen molar-refractivity contribution < 1.29 is 14.9 Å². The highest BCUT2D eigenvalue weighted by Crippen LogP contribution is 2.54. The van der Waals surface area contributed by atoms with Crippen molar-refractivity contribution in [2.45, 2.75) is 223 Å². The Morgan fingerprint density at radius 3 is 1.32 bits per heavy atom. The van der Waals surface area contributed by atoms with Crippen molar-refractivity contribution in [3.63, 3.8) is 0 Å². The molecule has 4 atom stereocenters. The first kappa shape index (κ1) is 56.0. The average Bonchev–Trinajstić information content (AvgIpc) is 4.08. The standard InChI is InChI=1S/C29H48O2S2.C29H46OS2/c1-21(2)9-7-11-23(5)13-17-29(31,18-14-24(6)12-8-10-22(3)4)25-15-19-32-27(25)28-26(30)16-20-33-28;1-21(2)9-7-11-23(5)13-17-29(18-14-24(6)12-8-10-22(3)4)25-15-19-31-27(25)28-26(30-29)16-20-32-28/h15-16,19-24,30-31H,7-14,17-18H2,1-6H3;15-16,19-24H,7-14,17-18H2,1-6H3. The molecule has 3 nitrogen and oxygen atoms in total. The van der Waals surface area contributed by atoms with E-state index in [-0.39, 0.29) is 5.60 Å². The Bertz CT molecular complexity index is 1810. The third-order valence-corrected chi connectivity index (χ3v) is 18.4. The van der Waals surface area contributed by atoms with E-state index in [4.69, 9.17) is 4.74 Å². The third-order valence-electron chi connectivity index (χ3n) is 14.4. The number of hydrogen-bond donors (Lipinski definition) is 2. The van der Waals surface area contributed by atoms with Crippen LogP contribution in [0.1, 0.15) is 223 Å². The zero-order valence-electron chi connectivity index (χ0n) is 43.3. The second kappa shape index (κ2) is 28.1. The fourth-order valence-electron chi connectivity index (χ4n) is 9.87. The molecule has 0 fully saturated rings. The van der Waals surface area contributed by atoms with Crippen LogP contribution in [0.2, 0.25) is 0 Å². The van der Waals surface area contributed by atoms with Crippen LogP contribution in [0.5, 0.6) is 11.5 Å². The predicted molar refractivity (Wildman–Crippen MR) is 291 cm³/mol. The number of aliphatic hydroxyl groups is 1. The molecule has 0 saturated heterocycles. The van der Waals surface area contributed by atoms with Crippen LogP contribution in [0.25, 0.3) is 19.5 Å². The highest BCUT2D eigenvalue weighted by molar-refractivity contribution is 7.21. The molecule has 5 rings (SSSR count). The second-order valence-electron chi connectivity index (χ2n) is 22.6. The first-order valence-electron chi connectivity index (χ1n) is 26.3. The molecule has 7 heteroatoms. The van der Waals surface area contributed by atoms with Gasteiger partial charge in [-0.15, -0.1) is 45.3 Å². The van der Waals surface area contributed by atoms with Gasteiger partial charge in [0.1, 0.15) is 17.1 Å². The first-order valence-corrected chi connectivity index (χ1v) is 29.9. The van der Waals surface area contributed by atoms with Crippen molar-refractivity contribution in [3.05, 3.63) is 56.9 Å². The zero-order valence-corrected chi connectivity index (χ0v) is 46.6. The van der Waals surface area contributed by atoms with Crippen molar-refractivity contribution in [2.75, 3.05) is 0 Å². The maximum atomic E-state index is 12.1. The molecular formula is C58H94O3S4. The van der Waals surface area contributed by atoms with E-state index < -0.39 is 5.60 Å². The Kier molecular flexibility index (Phi) is 24.2. The lowest BCUT2D eigenvalue weighted by Crippen LogP contribution is -2.36. The number of fused-ring (bicyclic) bond motifs is 3. The molecule has 1 aliphatic heterocycles. The maximum absolute atomic E-state index is 12.1. The van der Waals surface area contributed by atoms with Gasteiger partial charge in [0.25, 0.3) is 0 Å². The minimum Gasteiger partial charge on any atom is -0.506 e. The van der Waals surface area contributed by atoms with Gasteiger partial charge in [-0.1, -0.05) is 160 Å². The van der Waals surface area contributed by atoms with Crippen LogP contribution < -0.4 is 4.74 Å². The van der Waals surface area contributed by atoms with Gasteiger partial charge in [-0.25, -0.2) is 0 Å². The van der Waals surface area contributed by atoms with E-state index in [0.717, 1.165) is 95.1 Å². The van der Waals surface area contributed by atoms with E-state index in [1.165, 1.54) is 105 Å². The van der Waals surface area contributed by atoms with Crippen LogP contribution in [0, 0.1) is 47.3 Å². The number of ether oxygens (including phenoxy) is 1. The minimum absolute atomic E-state index is 0.137. The summed E-state index contributed by atoms with van der Waals surface area (Å²) in [5.74, 6) is 7.39. The molecule has 0 aromatic carbocycles. The summed E-state index contributed by atoms with van der Waals surface area (Å²) < 4.78 is 6.95. The Hall–Kier alpha value is -1.64. The summed E-state index contributed by atoms with van der Waals surface area (Å²) in [4.78, 5) is 4.76. The summed E-state index contributed by atoms with van der Waals surface area (Å²) in [6, 6.07) is 8.44. The van der Waals surface area contributed by atoms with E-state index in [1.807, 2.05) is 28.1 Å². The van der Waals surface area contributed by atoms with Crippen molar-refractivity contribution in [1.29, 1.82) is 0 Å². The Morgan fingerprint density at radius 1 is 0.462 bits per heavy atom. The second-order valence-corrected chi connectivity index (χ2v) is 26.2. The zero-order chi connectivity index (χ0) is 47.6. The SMILES string of the molecule is CC(C)CCCC(C)CCC(O)(CCC(C)CCCC(C)C)c1ccsc1-c1sccc1O.CC(C)CCCC(C)CCC1(CCC(C)CCCC(C)C)Oc2ccsc2-c2sccc21. The fourth-order valence-corrected chi connectivity index (χ4v) is 13.8. The van der Waals surface area contributed by atoms with Gasteiger partial charge >= 0.3 is 0 Å². The van der Waals surface area contributed by atoms with Gasteiger partial charge < -0.3 is 14.9 Å². The first-order chi connectivity index (χ1) is 30.9. The highest BCUT2D eigenvalue weighted by atomic mass is 32.1. The Morgan fingerprint density at radius 2 is 0.862 bits per heavy atom. The summed E-state index contributed by atoms with van der Waals surface area (Å²) >= 11 is 6.95. The largest absolute Gasteiger partial charge is 0.506 e. The number of thiophene rings is 4. The average molecular weight is 968 g/mol. The Labute approximate surface area is 415 Å². The highest BCUT2D eigenvalue weighted by Gasteiger charge is 2.42. The van der Waals surface area contributed by atoms with Gasteiger partial charge in [0.05, 0.1) is 25.1 Å². The lowest BCUT2D eigenvalue weighted by molar-refractivity contribution is 0.00749. The van der Waals surface area contributed by atoms with E-state index in [0.29, 0.717) is 17.6 Å². The molecule has 65 heavy (non-hydrogen) atoms. The molecule has 0 aliphatic carbocycles. The lowest BCUT2D eigenvalue weighted by atomic mass is 9.79. The van der Waals surface area contributed by atoms with Crippen molar-refractivity contribution >= 4 is 45.3 Å². The lowest BCUT2D eigenvalue weighted by Gasteiger charge is -2.39. The molecule has 4 aromatic rings. The van der Waals surface area contributed by atoms with Crippen molar-refractivity contribution in [1.82, 2.24) is 0 Å². The summed E-state index contributed by atoms with van der Waals surface area (Å²) in [6.45, 7) is 28.1. The smallest absolute Gasteiger partial charge is 0.140 e. The van der Waals surface area contributed by atoms with E-state index in [2.05, 4.69) is 117 Å². The fraction of sp³-hybridized carbons (Fsp3) is 0.724. The predicted octanol–water partition coefficient (Wildman–Crippen LogP) is 20.4. The molecule has 0 spiro atoms. The van der Waals surface area contributed by atoms with E-state index in [1.54, 1.807) is 28.7 Å². The van der Waals surface area contributed by atoms with Gasteiger partial charge in [-0.3, -0.25) is 0 Å². The molecule has 5 heterocycles. The number of aromatic hydroxyl groups is 1. The molecular weight excluding hydrogens is 873 g/mol. The number of hydrogen-bond acceptors (Lipinski definition) is 7. The van der Waals surface area contributed by atoms with E-state index >= 15 is 0 Å². The van der Waals surface area contributed by atoms with Gasteiger partial charge in [0, 0.05) is 11.1 Å². The molecule has 1 aliphatic rings. The molecule has 4 unspecified atom stereocenters. The molecule has 4 aromatic heterocycles. The van der Waals surface area contributed by atoms with Crippen LogP contribution in [-0.2, 0) is 11.2 Å². The van der Waals surface area contributed by atoms with Gasteiger partial charge in [-0.2, -0.15) is 0 Å². The maximum Gasteiger partial charge on any atom is 0.140 e. The Balaban J connectivity index is 0.000000285.